The van der Waals surface area contributed by atoms with Gasteiger partial charge in [0.15, 0.2) is 16.8 Å². The molecule has 7 nitrogen and oxygen atoms in total. The van der Waals surface area contributed by atoms with Crippen LogP contribution in [0, 0.1) is 6.92 Å². The molecule has 3 aromatic heterocycles. The smallest absolute Gasteiger partial charge is 0.239 e. The molecule has 3 heterocycles. The van der Waals surface area contributed by atoms with E-state index < -0.39 is 0 Å². The summed E-state index contributed by atoms with van der Waals surface area (Å²) in [6, 6.07) is 12.0. The first-order valence-electron chi connectivity index (χ1n) is 9.71. The SMILES string of the molecule is CCCCc1noc([C@H](C)Sc2nnc(-c3ccoc3C)n2-c2ccccc2)n1. The van der Waals surface area contributed by atoms with E-state index in [1.165, 1.54) is 0 Å². The highest BCUT2D eigenvalue weighted by Gasteiger charge is 2.23. The van der Waals surface area contributed by atoms with E-state index in [0.29, 0.717) is 5.89 Å². The molecule has 4 rings (SSSR count). The molecule has 4 aromatic rings. The molecule has 0 saturated carbocycles. The first-order chi connectivity index (χ1) is 14.2. The normalized spacial score (nSPS) is 12.4. The van der Waals surface area contributed by atoms with Crippen LogP contribution in [0.25, 0.3) is 17.1 Å². The van der Waals surface area contributed by atoms with Crippen LogP contribution in [0.3, 0.4) is 0 Å². The number of nitrogens with zero attached hydrogens (tertiary/aromatic N) is 5. The lowest BCUT2D eigenvalue weighted by Gasteiger charge is -2.11. The number of benzene rings is 1. The number of unbranched alkanes of at least 4 members (excludes halogenated alkanes) is 1. The summed E-state index contributed by atoms with van der Waals surface area (Å²) < 4.78 is 13.0. The van der Waals surface area contributed by atoms with Gasteiger partial charge in [-0.1, -0.05) is 48.5 Å². The lowest BCUT2D eigenvalue weighted by atomic mass is 10.2. The fourth-order valence-electron chi connectivity index (χ4n) is 3.03. The standard InChI is InChI=1S/C21H23N5O2S/c1-4-5-11-18-22-20(28-25-18)15(3)29-21-24-23-19(17-12-13-27-14(17)2)26(21)16-9-7-6-8-10-16/h6-10,12-13,15H,4-5,11H2,1-3H3/t15-/m0/s1. The van der Waals surface area contributed by atoms with E-state index in [0.717, 1.165) is 53.1 Å². The molecule has 0 aliphatic rings. The van der Waals surface area contributed by atoms with E-state index in [1.807, 2.05) is 54.8 Å². The Morgan fingerprint density at radius 3 is 2.69 bits per heavy atom. The van der Waals surface area contributed by atoms with Crippen molar-refractivity contribution in [2.45, 2.75) is 50.4 Å². The molecule has 8 heteroatoms. The molecule has 29 heavy (non-hydrogen) atoms. The number of rotatable bonds is 8. The Morgan fingerprint density at radius 1 is 1.14 bits per heavy atom. The van der Waals surface area contributed by atoms with Crippen LogP contribution in [0.4, 0.5) is 0 Å². The summed E-state index contributed by atoms with van der Waals surface area (Å²) in [5.41, 5.74) is 1.90. The lowest BCUT2D eigenvalue weighted by Crippen LogP contribution is -2.01. The molecule has 0 unspecified atom stereocenters. The van der Waals surface area contributed by atoms with Crippen LogP contribution in [0.5, 0.6) is 0 Å². The predicted molar refractivity (Wildman–Crippen MR) is 111 cm³/mol. The van der Waals surface area contributed by atoms with Crippen LogP contribution in [-0.2, 0) is 6.42 Å². The van der Waals surface area contributed by atoms with Crippen molar-refractivity contribution in [3.63, 3.8) is 0 Å². The first kappa shape index (κ1) is 19.4. The number of thioether (sulfide) groups is 1. The van der Waals surface area contributed by atoms with E-state index >= 15 is 0 Å². The summed E-state index contributed by atoms with van der Waals surface area (Å²) >= 11 is 1.54. The minimum atomic E-state index is -0.0529. The highest BCUT2D eigenvalue weighted by atomic mass is 32.2. The van der Waals surface area contributed by atoms with Crippen LogP contribution in [-0.4, -0.2) is 24.9 Å². The average Bonchev–Trinajstić information content (AvgIpc) is 3.46. The lowest BCUT2D eigenvalue weighted by molar-refractivity contribution is 0.374. The summed E-state index contributed by atoms with van der Waals surface area (Å²) in [7, 11) is 0. The van der Waals surface area contributed by atoms with Gasteiger partial charge in [0, 0.05) is 12.1 Å². The summed E-state index contributed by atoms with van der Waals surface area (Å²) in [5, 5.41) is 13.7. The molecular formula is C21H23N5O2S. The Bertz CT molecular complexity index is 1070. The van der Waals surface area contributed by atoms with E-state index in [-0.39, 0.29) is 5.25 Å². The van der Waals surface area contributed by atoms with Crippen molar-refractivity contribution in [2.24, 2.45) is 0 Å². The maximum absolute atomic E-state index is 5.49. The maximum atomic E-state index is 5.49. The Balaban J connectivity index is 1.66. The number of para-hydroxylation sites is 1. The zero-order valence-corrected chi connectivity index (χ0v) is 17.5. The molecule has 0 N–H and O–H groups in total. The molecule has 0 radical (unpaired) electrons. The third kappa shape index (κ3) is 4.12. The van der Waals surface area contributed by atoms with Crippen molar-refractivity contribution >= 4 is 11.8 Å². The zero-order valence-electron chi connectivity index (χ0n) is 16.7. The molecule has 1 aromatic carbocycles. The molecule has 0 aliphatic heterocycles. The summed E-state index contributed by atoms with van der Waals surface area (Å²) in [4.78, 5) is 4.55. The second-order valence-corrected chi connectivity index (χ2v) is 8.09. The molecule has 150 valence electrons. The number of hydrogen-bond acceptors (Lipinski definition) is 7. The van der Waals surface area contributed by atoms with Crippen molar-refractivity contribution in [1.82, 2.24) is 24.9 Å². The molecule has 0 aliphatic carbocycles. The molecule has 0 saturated heterocycles. The predicted octanol–water partition coefficient (Wildman–Crippen LogP) is 5.41. The van der Waals surface area contributed by atoms with Gasteiger partial charge in [-0.15, -0.1) is 10.2 Å². The van der Waals surface area contributed by atoms with E-state index in [9.17, 15) is 0 Å². The fourth-order valence-corrected chi connectivity index (χ4v) is 3.92. The molecule has 1 atom stereocenters. The second-order valence-electron chi connectivity index (χ2n) is 6.78. The second kappa shape index (κ2) is 8.65. The quantitative estimate of drug-likeness (QED) is 0.360. The van der Waals surface area contributed by atoms with Crippen LogP contribution in [0.15, 0.2) is 56.8 Å². The fraction of sp³-hybridized carbons (Fsp3) is 0.333. The number of aryl methyl sites for hydroxylation is 2. The van der Waals surface area contributed by atoms with E-state index in [4.69, 9.17) is 8.94 Å². The van der Waals surface area contributed by atoms with Crippen molar-refractivity contribution in [3.05, 3.63) is 60.1 Å². The number of furan rings is 1. The van der Waals surface area contributed by atoms with Gasteiger partial charge in [-0.3, -0.25) is 4.57 Å². The van der Waals surface area contributed by atoms with Gasteiger partial charge >= 0.3 is 0 Å². The molecule has 0 fully saturated rings. The van der Waals surface area contributed by atoms with Crippen molar-refractivity contribution in [2.75, 3.05) is 0 Å². The van der Waals surface area contributed by atoms with Gasteiger partial charge in [0.2, 0.25) is 5.89 Å². The van der Waals surface area contributed by atoms with Crippen LogP contribution in [0.1, 0.15) is 49.4 Å². The van der Waals surface area contributed by atoms with Gasteiger partial charge < -0.3 is 8.94 Å². The van der Waals surface area contributed by atoms with Crippen molar-refractivity contribution in [3.8, 4) is 17.1 Å². The van der Waals surface area contributed by atoms with Crippen LogP contribution < -0.4 is 0 Å². The molecule has 0 spiro atoms. The number of hydrogen-bond donors (Lipinski definition) is 0. The maximum Gasteiger partial charge on any atom is 0.239 e. The Kier molecular flexibility index (Phi) is 5.80. The van der Waals surface area contributed by atoms with Gasteiger partial charge in [0.25, 0.3) is 0 Å². The van der Waals surface area contributed by atoms with Crippen molar-refractivity contribution < 1.29 is 8.94 Å². The number of aromatic nitrogens is 5. The van der Waals surface area contributed by atoms with Gasteiger partial charge in [0.1, 0.15) is 5.76 Å². The van der Waals surface area contributed by atoms with Crippen LogP contribution in [0.2, 0.25) is 0 Å². The Morgan fingerprint density at radius 2 is 1.97 bits per heavy atom. The third-order valence-electron chi connectivity index (χ3n) is 4.62. The van der Waals surface area contributed by atoms with Gasteiger partial charge in [-0.2, -0.15) is 4.98 Å². The summed E-state index contributed by atoms with van der Waals surface area (Å²) in [5.74, 6) is 2.90. The van der Waals surface area contributed by atoms with Crippen LogP contribution >= 0.6 is 11.8 Å². The van der Waals surface area contributed by atoms with E-state index in [2.05, 4.69) is 27.3 Å². The summed E-state index contributed by atoms with van der Waals surface area (Å²) in [6.45, 7) is 6.11. The summed E-state index contributed by atoms with van der Waals surface area (Å²) in [6.07, 6.45) is 4.66. The largest absolute Gasteiger partial charge is 0.469 e. The molecular weight excluding hydrogens is 386 g/mol. The highest BCUT2D eigenvalue weighted by Crippen LogP contribution is 2.37. The zero-order chi connectivity index (χ0) is 20.2. The first-order valence-corrected chi connectivity index (χ1v) is 10.6. The topological polar surface area (TPSA) is 82.8 Å². The molecule has 0 bridgehead atoms. The molecule has 0 amide bonds. The minimum Gasteiger partial charge on any atom is -0.469 e. The minimum absolute atomic E-state index is 0.0529. The highest BCUT2D eigenvalue weighted by molar-refractivity contribution is 7.99. The third-order valence-corrected chi connectivity index (χ3v) is 5.65. The average molecular weight is 410 g/mol. The monoisotopic (exact) mass is 409 g/mol. The Hall–Kier alpha value is -2.87. The van der Waals surface area contributed by atoms with Gasteiger partial charge in [-0.05, 0) is 38.5 Å². The van der Waals surface area contributed by atoms with Gasteiger partial charge in [0.05, 0.1) is 17.1 Å². The van der Waals surface area contributed by atoms with Crippen molar-refractivity contribution in [1.29, 1.82) is 0 Å². The van der Waals surface area contributed by atoms with E-state index in [1.54, 1.807) is 18.0 Å². The Labute approximate surface area is 173 Å². The van der Waals surface area contributed by atoms with Gasteiger partial charge in [-0.25, -0.2) is 0 Å².